The first kappa shape index (κ1) is 13.1. The molecule has 0 aliphatic carbocycles. The molecule has 1 aromatic carbocycles. The van der Waals surface area contributed by atoms with Crippen LogP contribution in [-0.4, -0.2) is 19.1 Å². The molecule has 0 saturated carbocycles. The van der Waals surface area contributed by atoms with E-state index in [0.717, 1.165) is 6.42 Å². The first-order valence-electron chi connectivity index (χ1n) is 4.83. The number of carbonyl (C=O) groups excluding carboxylic acids is 1. The summed E-state index contributed by atoms with van der Waals surface area (Å²) in [6.07, 6.45) is 0.745. The number of hydrogen-bond acceptors (Lipinski definition) is 2. The summed E-state index contributed by atoms with van der Waals surface area (Å²) in [6.45, 7) is 1.09. The Balaban J connectivity index is 2.46. The van der Waals surface area contributed by atoms with Crippen LogP contribution in [0.1, 0.15) is 6.42 Å². The van der Waals surface area contributed by atoms with E-state index in [-0.39, 0.29) is 6.03 Å². The van der Waals surface area contributed by atoms with E-state index in [4.69, 9.17) is 28.9 Å². The SMILES string of the molecule is NCCCNC(=O)Nc1ccc(Cl)c(Cl)c1. The van der Waals surface area contributed by atoms with E-state index in [9.17, 15) is 4.79 Å². The minimum atomic E-state index is -0.285. The molecule has 0 saturated heterocycles. The molecule has 4 N–H and O–H groups in total. The zero-order valence-corrected chi connectivity index (χ0v) is 10.1. The van der Waals surface area contributed by atoms with Crippen molar-refractivity contribution in [1.82, 2.24) is 5.32 Å². The standard InChI is InChI=1S/C10H13Cl2N3O/c11-8-3-2-7(6-9(8)12)15-10(16)14-5-1-4-13/h2-3,6H,1,4-5,13H2,(H2,14,15,16). The van der Waals surface area contributed by atoms with Crippen molar-refractivity contribution in [2.45, 2.75) is 6.42 Å². The van der Waals surface area contributed by atoms with Crippen LogP contribution < -0.4 is 16.4 Å². The van der Waals surface area contributed by atoms with Gasteiger partial charge < -0.3 is 16.4 Å². The molecule has 0 atom stereocenters. The van der Waals surface area contributed by atoms with E-state index in [0.29, 0.717) is 28.8 Å². The van der Waals surface area contributed by atoms with Gasteiger partial charge >= 0.3 is 6.03 Å². The van der Waals surface area contributed by atoms with Gasteiger partial charge in [0.2, 0.25) is 0 Å². The number of carbonyl (C=O) groups is 1. The van der Waals surface area contributed by atoms with Crippen molar-refractivity contribution in [1.29, 1.82) is 0 Å². The van der Waals surface area contributed by atoms with Crippen molar-refractivity contribution in [3.05, 3.63) is 28.2 Å². The summed E-state index contributed by atoms with van der Waals surface area (Å²) < 4.78 is 0. The molecule has 0 unspecified atom stereocenters. The van der Waals surface area contributed by atoms with Gasteiger partial charge in [-0.15, -0.1) is 0 Å². The number of benzene rings is 1. The summed E-state index contributed by atoms with van der Waals surface area (Å²) in [4.78, 5) is 11.3. The minimum absolute atomic E-state index is 0.285. The first-order chi connectivity index (χ1) is 7.63. The van der Waals surface area contributed by atoms with Gasteiger partial charge in [-0.1, -0.05) is 23.2 Å². The van der Waals surface area contributed by atoms with Crippen molar-refractivity contribution in [2.75, 3.05) is 18.4 Å². The molecule has 0 heterocycles. The summed E-state index contributed by atoms with van der Waals surface area (Å²) in [5, 5.41) is 6.15. The van der Waals surface area contributed by atoms with Crippen LogP contribution in [0.5, 0.6) is 0 Å². The van der Waals surface area contributed by atoms with Gasteiger partial charge in [0.05, 0.1) is 10.0 Å². The molecule has 0 spiro atoms. The molecule has 16 heavy (non-hydrogen) atoms. The lowest BCUT2D eigenvalue weighted by molar-refractivity contribution is 0.252. The zero-order chi connectivity index (χ0) is 12.0. The molecule has 0 aliphatic heterocycles. The molecule has 0 fully saturated rings. The molecule has 0 bridgehead atoms. The zero-order valence-electron chi connectivity index (χ0n) is 8.59. The highest BCUT2D eigenvalue weighted by Gasteiger charge is 2.03. The van der Waals surface area contributed by atoms with Crippen LogP contribution in [0.2, 0.25) is 10.0 Å². The van der Waals surface area contributed by atoms with Gasteiger partial charge in [0.15, 0.2) is 0 Å². The van der Waals surface area contributed by atoms with Crippen LogP contribution >= 0.6 is 23.2 Å². The Kier molecular flexibility index (Phi) is 5.38. The van der Waals surface area contributed by atoms with Crippen LogP contribution in [0.3, 0.4) is 0 Å². The Morgan fingerprint density at radius 3 is 2.69 bits per heavy atom. The Hall–Kier alpha value is -0.970. The second-order valence-corrected chi connectivity index (χ2v) is 3.97. The third-order valence-corrected chi connectivity index (χ3v) is 2.58. The summed E-state index contributed by atoms with van der Waals surface area (Å²) in [5.41, 5.74) is 5.90. The Morgan fingerprint density at radius 2 is 2.06 bits per heavy atom. The van der Waals surface area contributed by atoms with Gasteiger partial charge in [-0.3, -0.25) is 0 Å². The van der Waals surface area contributed by atoms with E-state index in [1.165, 1.54) is 0 Å². The predicted octanol–water partition coefficient (Wildman–Crippen LogP) is 2.46. The summed E-state index contributed by atoms with van der Waals surface area (Å²) in [7, 11) is 0. The third kappa shape index (κ3) is 4.26. The molecule has 4 nitrogen and oxygen atoms in total. The number of halogens is 2. The summed E-state index contributed by atoms with van der Waals surface area (Å²) in [5.74, 6) is 0. The molecule has 88 valence electrons. The van der Waals surface area contributed by atoms with Crippen molar-refractivity contribution >= 4 is 34.9 Å². The summed E-state index contributed by atoms with van der Waals surface area (Å²) in [6, 6.07) is 4.61. The fourth-order valence-electron chi connectivity index (χ4n) is 1.05. The normalized spacial score (nSPS) is 9.94. The van der Waals surface area contributed by atoms with Crippen LogP contribution in [0.15, 0.2) is 18.2 Å². The Morgan fingerprint density at radius 1 is 1.31 bits per heavy atom. The van der Waals surface area contributed by atoms with E-state index in [1.54, 1.807) is 18.2 Å². The van der Waals surface area contributed by atoms with Crippen molar-refractivity contribution < 1.29 is 4.79 Å². The van der Waals surface area contributed by atoms with Crippen LogP contribution in [0.4, 0.5) is 10.5 Å². The van der Waals surface area contributed by atoms with Gasteiger partial charge in [0, 0.05) is 12.2 Å². The van der Waals surface area contributed by atoms with Crippen LogP contribution in [0, 0.1) is 0 Å². The van der Waals surface area contributed by atoms with E-state index in [1.807, 2.05) is 0 Å². The fourth-order valence-corrected chi connectivity index (χ4v) is 1.35. The van der Waals surface area contributed by atoms with Crippen molar-refractivity contribution in [3.8, 4) is 0 Å². The quantitative estimate of drug-likeness (QED) is 0.729. The van der Waals surface area contributed by atoms with E-state index < -0.39 is 0 Å². The highest BCUT2D eigenvalue weighted by molar-refractivity contribution is 6.42. The second kappa shape index (κ2) is 6.58. The molecule has 0 aliphatic rings. The van der Waals surface area contributed by atoms with Gasteiger partial charge in [-0.05, 0) is 31.2 Å². The third-order valence-electron chi connectivity index (χ3n) is 1.84. The van der Waals surface area contributed by atoms with Gasteiger partial charge in [-0.2, -0.15) is 0 Å². The first-order valence-corrected chi connectivity index (χ1v) is 5.59. The molecular formula is C10H13Cl2N3O. The largest absolute Gasteiger partial charge is 0.338 e. The molecule has 6 heteroatoms. The lowest BCUT2D eigenvalue weighted by atomic mass is 10.3. The Labute approximate surface area is 104 Å². The van der Waals surface area contributed by atoms with Crippen LogP contribution in [-0.2, 0) is 0 Å². The van der Waals surface area contributed by atoms with Crippen molar-refractivity contribution in [3.63, 3.8) is 0 Å². The number of urea groups is 1. The number of nitrogens with two attached hydrogens (primary N) is 1. The topological polar surface area (TPSA) is 67.1 Å². The average Bonchev–Trinajstić information content (AvgIpc) is 2.24. The maximum absolute atomic E-state index is 11.3. The highest BCUT2D eigenvalue weighted by atomic mass is 35.5. The Bertz CT molecular complexity index is 371. The second-order valence-electron chi connectivity index (χ2n) is 3.15. The molecule has 0 aromatic heterocycles. The molecule has 1 rings (SSSR count). The highest BCUT2D eigenvalue weighted by Crippen LogP contribution is 2.24. The van der Waals surface area contributed by atoms with E-state index in [2.05, 4.69) is 10.6 Å². The number of amides is 2. The lowest BCUT2D eigenvalue weighted by Gasteiger charge is -2.07. The lowest BCUT2D eigenvalue weighted by Crippen LogP contribution is -2.30. The number of anilines is 1. The molecule has 2 amide bonds. The smallest absolute Gasteiger partial charge is 0.319 e. The van der Waals surface area contributed by atoms with Gasteiger partial charge in [0.25, 0.3) is 0 Å². The molecular weight excluding hydrogens is 249 g/mol. The number of nitrogens with one attached hydrogen (secondary N) is 2. The molecule has 1 aromatic rings. The number of hydrogen-bond donors (Lipinski definition) is 3. The van der Waals surface area contributed by atoms with Crippen molar-refractivity contribution in [2.24, 2.45) is 5.73 Å². The monoisotopic (exact) mass is 261 g/mol. The van der Waals surface area contributed by atoms with Gasteiger partial charge in [-0.25, -0.2) is 4.79 Å². The summed E-state index contributed by atoms with van der Waals surface area (Å²) >= 11 is 11.5. The predicted molar refractivity (Wildman–Crippen MR) is 67.2 cm³/mol. The molecule has 0 radical (unpaired) electrons. The minimum Gasteiger partial charge on any atom is -0.338 e. The van der Waals surface area contributed by atoms with Crippen LogP contribution in [0.25, 0.3) is 0 Å². The maximum atomic E-state index is 11.3. The van der Waals surface area contributed by atoms with E-state index >= 15 is 0 Å². The maximum Gasteiger partial charge on any atom is 0.319 e. The fraction of sp³-hybridized carbons (Fsp3) is 0.300. The van der Waals surface area contributed by atoms with Gasteiger partial charge in [0.1, 0.15) is 0 Å². The number of rotatable bonds is 4. The average molecular weight is 262 g/mol.